The molecule has 0 aromatic carbocycles. The Bertz CT molecular complexity index is 141. The van der Waals surface area contributed by atoms with Gasteiger partial charge in [0.25, 0.3) is 0 Å². The van der Waals surface area contributed by atoms with Crippen LogP contribution < -0.4 is 4.72 Å². The van der Waals surface area contributed by atoms with Crippen LogP contribution in [0, 0.1) is 0 Å². The van der Waals surface area contributed by atoms with Gasteiger partial charge in [-0.15, -0.1) is 0 Å². The Hall–Kier alpha value is -0.450. The minimum absolute atomic E-state index is 1.27. The van der Waals surface area contributed by atoms with Crippen LogP contribution in [0.1, 0.15) is 0 Å². The molecule has 2 N–H and O–H groups in total. The van der Waals surface area contributed by atoms with E-state index in [4.69, 9.17) is 9.11 Å². The lowest BCUT2D eigenvalue weighted by Crippen LogP contribution is -2.04. The van der Waals surface area contributed by atoms with Gasteiger partial charge in [0.1, 0.15) is 0 Å². The summed E-state index contributed by atoms with van der Waals surface area (Å²) in [5.74, 6) is 0. The van der Waals surface area contributed by atoms with Gasteiger partial charge in [-0.2, -0.15) is 4.72 Å². The zero-order valence-electron chi connectivity index (χ0n) is 4.06. The average Bonchev–Trinajstić information content (AvgIpc) is 1.65. The summed E-state index contributed by atoms with van der Waals surface area (Å²) >= 11 is 0. The van der Waals surface area contributed by atoms with Crippen LogP contribution in [0.25, 0.3) is 0 Å². The van der Waals surface area contributed by atoms with Crippen molar-refractivity contribution in [2.75, 3.05) is 0 Å². The minimum Gasteiger partial charge on any atom is -0.277 e. The first-order chi connectivity index (χ1) is 3.71. The zero-order chi connectivity index (χ0) is 6.04. The van der Waals surface area contributed by atoms with E-state index < -0.39 is 10.8 Å². The first-order valence-electron chi connectivity index (χ1n) is 2.04. The van der Waals surface area contributed by atoms with Gasteiger partial charge in [0, 0.05) is 11.6 Å². The molecule has 0 saturated carbocycles. The highest BCUT2D eigenvalue weighted by atomic mass is 32.3. The topological polar surface area (TPSA) is 54.6 Å². The van der Waals surface area contributed by atoms with Crippen molar-refractivity contribution in [1.82, 2.24) is 4.72 Å². The standard InChI is InChI=1S/C4H6NO2S/c6-8(7)4-2-1-3-5-8/h1-4,6-7H. The average molecular weight is 132 g/mol. The lowest BCUT2D eigenvalue weighted by Gasteiger charge is -2.25. The van der Waals surface area contributed by atoms with E-state index in [-0.39, 0.29) is 0 Å². The monoisotopic (exact) mass is 132 g/mol. The molecule has 1 heterocycles. The van der Waals surface area contributed by atoms with Crippen LogP contribution in [0.2, 0.25) is 0 Å². The Morgan fingerprint density at radius 3 is 2.25 bits per heavy atom. The van der Waals surface area contributed by atoms with Crippen molar-refractivity contribution in [1.29, 1.82) is 0 Å². The van der Waals surface area contributed by atoms with Gasteiger partial charge in [-0.05, 0) is 12.2 Å². The Morgan fingerprint density at radius 2 is 2.00 bits per heavy atom. The summed E-state index contributed by atoms with van der Waals surface area (Å²) in [7, 11) is -2.73. The van der Waals surface area contributed by atoms with Crippen molar-refractivity contribution in [3.63, 3.8) is 0 Å². The van der Waals surface area contributed by atoms with E-state index >= 15 is 0 Å². The van der Waals surface area contributed by atoms with Crippen molar-refractivity contribution in [2.45, 2.75) is 0 Å². The second kappa shape index (κ2) is 1.81. The van der Waals surface area contributed by atoms with Crippen LogP contribution in [0.15, 0.2) is 23.8 Å². The van der Waals surface area contributed by atoms with Crippen LogP contribution in [0.3, 0.4) is 0 Å². The summed E-state index contributed by atoms with van der Waals surface area (Å²) in [6.45, 7) is 0. The third-order valence-electron chi connectivity index (χ3n) is 0.674. The number of nitrogens with zero attached hydrogens (tertiary/aromatic N) is 1. The normalized spacial score (nSPS) is 26.8. The van der Waals surface area contributed by atoms with Crippen LogP contribution >= 0.6 is 10.8 Å². The molecule has 0 aromatic rings. The minimum atomic E-state index is -2.73. The summed E-state index contributed by atoms with van der Waals surface area (Å²) in [5, 5.41) is 1.27. The second-order valence-corrected chi connectivity index (χ2v) is 2.94. The number of hydrogen-bond donors (Lipinski definition) is 2. The lowest BCUT2D eigenvalue weighted by atomic mass is 10.6. The SMILES string of the molecule is OS1(O)C=CC=C[N]1. The first-order valence-corrected chi connectivity index (χ1v) is 3.61. The van der Waals surface area contributed by atoms with Crippen molar-refractivity contribution >= 4 is 10.8 Å². The summed E-state index contributed by atoms with van der Waals surface area (Å²) in [6, 6.07) is 0. The Kier molecular flexibility index (Phi) is 1.29. The predicted molar refractivity (Wildman–Crippen MR) is 33.3 cm³/mol. The fourth-order valence-electron chi connectivity index (χ4n) is 0.360. The third-order valence-corrected chi connectivity index (χ3v) is 1.63. The van der Waals surface area contributed by atoms with Gasteiger partial charge in [0.05, 0.1) is 0 Å². The Labute approximate surface area is 49.2 Å². The van der Waals surface area contributed by atoms with E-state index in [1.54, 1.807) is 12.2 Å². The van der Waals surface area contributed by atoms with E-state index in [1.165, 1.54) is 11.6 Å². The molecule has 0 amide bonds. The second-order valence-electron chi connectivity index (χ2n) is 1.34. The molecule has 45 valence electrons. The quantitative estimate of drug-likeness (QED) is 0.522. The van der Waals surface area contributed by atoms with E-state index in [0.717, 1.165) is 0 Å². The maximum absolute atomic E-state index is 8.71. The van der Waals surface area contributed by atoms with Crippen LogP contribution in [-0.4, -0.2) is 9.11 Å². The summed E-state index contributed by atoms with van der Waals surface area (Å²) in [4.78, 5) is 0. The van der Waals surface area contributed by atoms with Crippen molar-refractivity contribution in [3.05, 3.63) is 23.8 Å². The molecule has 3 nitrogen and oxygen atoms in total. The van der Waals surface area contributed by atoms with Gasteiger partial charge in [0.2, 0.25) is 0 Å². The van der Waals surface area contributed by atoms with Crippen molar-refractivity contribution < 1.29 is 9.11 Å². The molecule has 1 rings (SSSR count). The molecule has 0 unspecified atom stereocenters. The largest absolute Gasteiger partial charge is 0.277 e. The first kappa shape index (κ1) is 5.68. The number of allylic oxidation sites excluding steroid dienone is 2. The van der Waals surface area contributed by atoms with Gasteiger partial charge in [-0.25, -0.2) is 0 Å². The van der Waals surface area contributed by atoms with E-state index in [1.807, 2.05) is 0 Å². The van der Waals surface area contributed by atoms with Crippen LogP contribution in [-0.2, 0) is 0 Å². The summed E-state index contributed by atoms with van der Waals surface area (Å²) < 4.78 is 20.8. The summed E-state index contributed by atoms with van der Waals surface area (Å²) in [6.07, 6.45) is 4.56. The molecular formula is C4H6NO2S. The molecule has 0 fully saturated rings. The van der Waals surface area contributed by atoms with Gasteiger partial charge < -0.3 is 0 Å². The molecule has 0 spiro atoms. The van der Waals surface area contributed by atoms with Crippen LogP contribution in [0.5, 0.6) is 0 Å². The molecule has 0 bridgehead atoms. The molecule has 1 aliphatic rings. The van der Waals surface area contributed by atoms with E-state index in [2.05, 4.69) is 4.72 Å². The molecule has 0 aliphatic carbocycles. The zero-order valence-corrected chi connectivity index (χ0v) is 4.88. The van der Waals surface area contributed by atoms with Gasteiger partial charge >= 0.3 is 0 Å². The fraction of sp³-hybridized carbons (Fsp3) is 0. The molecule has 0 aromatic heterocycles. The third kappa shape index (κ3) is 1.26. The van der Waals surface area contributed by atoms with Crippen molar-refractivity contribution in [2.24, 2.45) is 0 Å². The van der Waals surface area contributed by atoms with Crippen molar-refractivity contribution in [3.8, 4) is 0 Å². The Morgan fingerprint density at radius 1 is 1.25 bits per heavy atom. The van der Waals surface area contributed by atoms with Gasteiger partial charge in [0.15, 0.2) is 0 Å². The molecule has 1 radical (unpaired) electrons. The van der Waals surface area contributed by atoms with E-state index in [9.17, 15) is 0 Å². The Balaban J connectivity index is 2.65. The maximum atomic E-state index is 8.71. The highest BCUT2D eigenvalue weighted by Gasteiger charge is 2.06. The number of hydrogen-bond acceptors (Lipinski definition) is 2. The highest BCUT2D eigenvalue weighted by Crippen LogP contribution is 2.38. The molecule has 8 heavy (non-hydrogen) atoms. The van der Waals surface area contributed by atoms with Gasteiger partial charge in [-0.1, -0.05) is 10.8 Å². The van der Waals surface area contributed by atoms with E-state index in [0.29, 0.717) is 0 Å². The fourth-order valence-corrected chi connectivity index (χ4v) is 0.982. The lowest BCUT2D eigenvalue weighted by molar-refractivity contribution is 0.490. The smallest absolute Gasteiger partial charge is 0.0470 e. The molecular weight excluding hydrogens is 126 g/mol. The van der Waals surface area contributed by atoms with Crippen LogP contribution in [0.4, 0.5) is 0 Å². The maximum Gasteiger partial charge on any atom is 0.0470 e. The molecule has 4 heteroatoms. The van der Waals surface area contributed by atoms with Gasteiger partial charge in [-0.3, -0.25) is 9.11 Å². The molecule has 1 aliphatic heterocycles. The molecule has 0 saturated heterocycles. The highest BCUT2D eigenvalue weighted by molar-refractivity contribution is 8.25. The summed E-state index contributed by atoms with van der Waals surface area (Å²) in [5.41, 5.74) is 0. The predicted octanol–water partition coefficient (Wildman–Crippen LogP) is 1.30. The molecule has 0 atom stereocenters. The number of rotatable bonds is 0.